The molecule has 0 bridgehead atoms. The molecule has 1 heterocycles. The summed E-state index contributed by atoms with van der Waals surface area (Å²) in [5.74, 6) is 1.26. The monoisotopic (exact) mass is 543 g/mol. The Morgan fingerprint density at radius 2 is 1.69 bits per heavy atom. The van der Waals surface area contributed by atoms with Gasteiger partial charge in [0.2, 0.25) is 0 Å². The molecule has 0 saturated carbocycles. The normalized spacial score (nSPS) is 10.9. The number of ether oxygens (including phenoxy) is 2. The number of hydrogen-bond donors (Lipinski definition) is 1. The van der Waals surface area contributed by atoms with Gasteiger partial charge in [-0.15, -0.1) is 10.2 Å². The largest absolute Gasteiger partial charge is 0.494 e. The first-order valence-electron chi connectivity index (χ1n) is 12.5. The highest BCUT2D eigenvalue weighted by atomic mass is 32.2. The van der Waals surface area contributed by atoms with E-state index in [1.165, 1.54) is 18.0 Å². The van der Waals surface area contributed by atoms with Gasteiger partial charge in [0.1, 0.15) is 17.3 Å². The van der Waals surface area contributed by atoms with Crippen molar-refractivity contribution in [3.63, 3.8) is 0 Å². The van der Waals surface area contributed by atoms with Crippen molar-refractivity contribution in [2.75, 3.05) is 12.4 Å². The van der Waals surface area contributed by atoms with Gasteiger partial charge in [0, 0.05) is 5.69 Å². The Morgan fingerprint density at radius 1 is 0.974 bits per heavy atom. The van der Waals surface area contributed by atoms with Crippen LogP contribution in [-0.2, 0) is 4.79 Å². The minimum absolute atomic E-state index is 0.128. The van der Waals surface area contributed by atoms with Crippen molar-refractivity contribution in [3.05, 3.63) is 95.8 Å². The molecule has 39 heavy (non-hydrogen) atoms. The van der Waals surface area contributed by atoms with Crippen LogP contribution in [-0.4, -0.2) is 45.2 Å². The van der Waals surface area contributed by atoms with E-state index in [0.29, 0.717) is 23.1 Å². The third-order valence-electron chi connectivity index (χ3n) is 5.49. The third kappa shape index (κ3) is 8.02. The standard InChI is InChI=1S/C29H29N5O4S/c1-3-4-18-37-25-16-12-23(13-17-25)28(36)38-26-14-10-22(11-15-26)19-30-32-27(35)20-39-29-33-31-21(2)34(29)24-8-6-5-7-9-24/h5-17,19H,3-4,18,20H2,1-2H3,(H,32,35)/b30-19+. The summed E-state index contributed by atoms with van der Waals surface area (Å²) >= 11 is 1.28. The molecule has 4 rings (SSSR count). The SMILES string of the molecule is CCCCOc1ccc(C(=O)Oc2ccc(/C=N/NC(=O)CSc3nnc(C)n3-c3ccccc3)cc2)cc1. The molecule has 1 amide bonds. The summed E-state index contributed by atoms with van der Waals surface area (Å²) < 4.78 is 13.0. The molecule has 200 valence electrons. The number of nitrogens with one attached hydrogen (secondary N) is 1. The molecule has 3 aromatic carbocycles. The second kappa shape index (κ2) is 13.9. The summed E-state index contributed by atoms with van der Waals surface area (Å²) in [6.45, 7) is 4.62. The second-order valence-electron chi connectivity index (χ2n) is 8.47. The smallest absolute Gasteiger partial charge is 0.343 e. The van der Waals surface area contributed by atoms with E-state index in [4.69, 9.17) is 9.47 Å². The molecular formula is C29H29N5O4S. The number of carbonyl (C=O) groups excluding carboxylic acids is 2. The minimum Gasteiger partial charge on any atom is -0.494 e. The van der Waals surface area contributed by atoms with Gasteiger partial charge in [-0.05, 0) is 79.6 Å². The van der Waals surface area contributed by atoms with Gasteiger partial charge in [-0.3, -0.25) is 9.36 Å². The van der Waals surface area contributed by atoms with Crippen LogP contribution in [0.25, 0.3) is 5.69 Å². The number of para-hydroxylation sites is 1. The van der Waals surface area contributed by atoms with E-state index < -0.39 is 5.97 Å². The predicted octanol–water partition coefficient (Wildman–Crippen LogP) is 5.22. The van der Waals surface area contributed by atoms with Crippen LogP contribution < -0.4 is 14.9 Å². The number of aryl methyl sites for hydroxylation is 1. The van der Waals surface area contributed by atoms with Gasteiger partial charge in [-0.2, -0.15) is 5.10 Å². The molecule has 1 N–H and O–H groups in total. The van der Waals surface area contributed by atoms with E-state index in [0.717, 1.165) is 35.7 Å². The van der Waals surface area contributed by atoms with E-state index in [-0.39, 0.29) is 11.7 Å². The van der Waals surface area contributed by atoms with Crippen LogP contribution in [0, 0.1) is 6.92 Å². The van der Waals surface area contributed by atoms with Crippen LogP contribution in [0.2, 0.25) is 0 Å². The molecule has 0 saturated heterocycles. The van der Waals surface area contributed by atoms with Gasteiger partial charge in [0.05, 0.1) is 24.1 Å². The number of esters is 1. The van der Waals surface area contributed by atoms with Gasteiger partial charge in [-0.1, -0.05) is 43.3 Å². The summed E-state index contributed by atoms with van der Waals surface area (Å²) in [5, 5.41) is 12.9. The molecule has 0 fully saturated rings. The molecule has 1 aromatic heterocycles. The Bertz CT molecular complexity index is 1400. The highest BCUT2D eigenvalue weighted by Crippen LogP contribution is 2.21. The first kappa shape index (κ1) is 27.6. The zero-order valence-corrected chi connectivity index (χ0v) is 22.6. The lowest BCUT2D eigenvalue weighted by Gasteiger charge is -2.07. The third-order valence-corrected chi connectivity index (χ3v) is 6.42. The predicted molar refractivity (Wildman–Crippen MR) is 151 cm³/mol. The van der Waals surface area contributed by atoms with Crippen molar-refractivity contribution in [2.45, 2.75) is 31.8 Å². The highest BCUT2D eigenvalue weighted by Gasteiger charge is 2.13. The number of hydrazone groups is 1. The van der Waals surface area contributed by atoms with Crippen molar-refractivity contribution in [1.82, 2.24) is 20.2 Å². The van der Waals surface area contributed by atoms with Crippen LogP contribution in [0.3, 0.4) is 0 Å². The van der Waals surface area contributed by atoms with Crippen molar-refractivity contribution < 1.29 is 19.1 Å². The Morgan fingerprint density at radius 3 is 2.41 bits per heavy atom. The fourth-order valence-electron chi connectivity index (χ4n) is 3.46. The maximum absolute atomic E-state index is 12.4. The lowest BCUT2D eigenvalue weighted by atomic mass is 10.2. The van der Waals surface area contributed by atoms with E-state index in [1.54, 1.807) is 48.5 Å². The summed E-state index contributed by atoms with van der Waals surface area (Å²) in [4.78, 5) is 24.7. The zero-order valence-electron chi connectivity index (χ0n) is 21.7. The van der Waals surface area contributed by atoms with Gasteiger partial charge in [0.25, 0.3) is 5.91 Å². The first-order valence-corrected chi connectivity index (χ1v) is 13.5. The Kier molecular flexibility index (Phi) is 9.85. The fourth-order valence-corrected chi connectivity index (χ4v) is 4.25. The maximum Gasteiger partial charge on any atom is 0.343 e. The lowest BCUT2D eigenvalue weighted by Crippen LogP contribution is -2.20. The number of benzene rings is 3. The Balaban J connectivity index is 1.23. The van der Waals surface area contributed by atoms with Crippen LogP contribution >= 0.6 is 11.8 Å². The van der Waals surface area contributed by atoms with Gasteiger partial charge >= 0.3 is 5.97 Å². The van der Waals surface area contributed by atoms with Crippen molar-refractivity contribution in [2.24, 2.45) is 5.10 Å². The fraction of sp³-hybridized carbons (Fsp3) is 0.207. The number of carbonyl (C=O) groups is 2. The molecule has 0 aliphatic rings. The van der Waals surface area contributed by atoms with Gasteiger partial charge in [-0.25, -0.2) is 10.2 Å². The van der Waals surface area contributed by atoms with Gasteiger partial charge < -0.3 is 9.47 Å². The first-order chi connectivity index (χ1) is 19.0. The molecule has 0 spiro atoms. The number of unbranched alkanes of at least 4 members (excludes halogenated alkanes) is 1. The molecule has 9 nitrogen and oxygen atoms in total. The number of hydrogen-bond acceptors (Lipinski definition) is 8. The Labute approximate surface area is 231 Å². The van der Waals surface area contributed by atoms with E-state index >= 15 is 0 Å². The van der Waals surface area contributed by atoms with Crippen molar-refractivity contribution >= 4 is 29.9 Å². The number of rotatable bonds is 12. The quantitative estimate of drug-likeness (QED) is 0.0652. The van der Waals surface area contributed by atoms with Crippen LogP contribution in [0.1, 0.15) is 41.5 Å². The average molecular weight is 544 g/mol. The van der Waals surface area contributed by atoms with E-state index in [9.17, 15) is 9.59 Å². The van der Waals surface area contributed by atoms with E-state index in [1.807, 2.05) is 41.8 Å². The highest BCUT2D eigenvalue weighted by molar-refractivity contribution is 7.99. The van der Waals surface area contributed by atoms with E-state index in [2.05, 4.69) is 27.6 Å². The summed E-state index contributed by atoms with van der Waals surface area (Å²) in [5.41, 5.74) is 4.61. The maximum atomic E-state index is 12.4. The van der Waals surface area contributed by atoms with Gasteiger partial charge in [0.15, 0.2) is 5.16 Å². The molecule has 0 atom stereocenters. The lowest BCUT2D eigenvalue weighted by molar-refractivity contribution is -0.118. The number of aromatic nitrogens is 3. The van der Waals surface area contributed by atoms with Crippen LogP contribution in [0.4, 0.5) is 0 Å². The molecule has 4 aromatic rings. The Hall–Kier alpha value is -4.44. The number of thioether (sulfide) groups is 1. The molecule has 0 radical (unpaired) electrons. The molecule has 0 aliphatic heterocycles. The van der Waals surface area contributed by atoms with Crippen molar-refractivity contribution in [1.29, 1.82) is 0 Å². The topological polar surface area (TPSA) is 108 Å². The van der Waals surface area contributed by atoms with Crippen LogP contribution in [0.5, 0.6) is 11.5 Å². The second-order valence-corrected chi connectivity index (χ2v) is 9.41. The minimum atomic E-state index is -0.459. The summed E-state index contributed by atoms with van der Waals surface area (Å²) in [6.07, 6.45) is 3.56. The van der Waals surface area contributed by atoms with Crippen molar-refractivity contribution in [3.8, 4) is 17.2 Å². The number of nitrogens with zero attached hydrogens (tertiary/aromatic N) is 4. The molecule has 0 unspecified atom stereocenters. The molecule has 0 aliphatic carbocycles. The number of amides is 1. The zero-order chi connectivity index (χ0) is 27.5. The average Bonchev–Trinajstić information content (AvgIpc) is 3.34. The molecule has 10 heteroatoms. The van der Waals surface area contributed by atoms with Crippen LogP contribution in [0.15, 0.2) is 89.1 Å². The molecular weight excluding hydrogens is 514 g/mol. The summed E-state index contributed by atoms with van der Waals surface area (Å²) in [7, 11) is 0. The summed E-state index contributed by atoms with van der Waals surface area (Å²) in [6, 6.07) is 23.4.